The Morgan fingerprint density at radius 1 is 1.00 bits per heavy atom. The largest absolute Gasteiger partial charge is 0.323 e. The maximum atomic E-state index is 14.5. The molecule has 2 amide bonds. The van der Waals surface area contributed by atoms with Crippen LogP contribution in [-0.2, 0) is 6.54 Å². The molecule has 1 aliphatic heterocycles. The van der Waals surface area contributed by atoms with Gasteiger partial charge in [0.2, 0.25) is 0 Å². The number of hydrogen-bond donors (Lipinski definition) is 1. The number of urea groups is 1. The molecule has 6 nitrogen and oxygen atoms in total. The van der Waals surface area contributed by atoms with Crippen LogP contribution < -0.4 is 5.32 Å². The standard InChI is InChI=1S/C29H22ClF2N5O/c1-18-23-17-36(29(38)33-25-13-12-21(31)16-24(25)32)27(19-7-5-8-20(30)15-19)26-11-6-14-35(26)28(23)37(34-18)22-9-3-2-4-10-22/h2-16,27H,17H2,1H3,(H,33,38)/t27-/m0/s1. The molecule has 2 aromatic heterocycles. The van der Waals surface area contributed by atoms with Gasteiger partial charge in [-0.25, -0.2) is 18.3 Å². The van der Waals surface area contributed by atoms with Gasteiger partial charge in [-0.1, -0.05) is 41.9 Å². The number of aromatic nitrogens is 3. The van der Waals surface area contributed by atoms with Crippen molar-refractivity contribution < 1.29 is 13.6 Å². The second-order valence-corrected chi connectivity index (χ2v) is 9.51. The minimum Gasteiger partial charge on any atom is -0.307 e. The maximum Gasteiger partial charge on any atom is 0.323 e. The van der Waals surface area contributed by atoms with Crippen molar-refractivity contribution in [3.8, 4) is 11.5 Å². The summed E-state index contributed by atoms with van der Waals surface area (Å²) in [5, 5.41) is 7.97. The van der Waals surface area contributed by atoms with E-state index in [2.05, 4.69) is 5.32 Å². The quantitative estimate of drug-likeness (QED) is 0.272. The molecule has 9 heteroatoms. The molecule has 0 unspecified atom stereocenters. The summed E-state index contributed by atoms with van der Waals surface area (Å²) in [5.41, 5.74) is 3.94. The van der Waals surface area contributed by atoms with E-state index in [1.165, 1.54) is 6.07 Å². The van der Waals surface area contributed by atoms with Crippen LogP contribution in [0.15, 0.2) is 91.1 Å². The van der Waals surface area contributed by atoms with Gasteiger partial charge in [-0.05, 0) is 61.0 Å². The first-order valence-corrected chi connectivity index (χ1v) is 12.4. The number of nitrogens with zero attached hydrogens (tertiary/aromatic N) is 4. The van der Waals surface area contributed by atoms with Gasteiger partial charge in [0.05, 0.1) is 35.3 Å². The van der Waals surface area contributed by atoms with E-state index in [9.17, 15) is 13.6 Å². The molecule has 1 aliphatic rings. The van der Waals surface area contributed by atoms with Crippen molar-refractivity contribution in [2.75, 3.05) is 5.32 Å². The van der Waals surface area contributed by atoms with Crippen molar-refractivity contribution >= 4 is 23.3 Å². The molecule has 38 heavy (non-hydrogen) atoms. The Bertz CT molecular complexity index is 1660. The van der Waals surface area contributed by atoms with Crippen molar-refractivity contribution in [2.45, 2.75) is 19.5 Å². The fourth-order valence-corrected chi connectivity index (χ4v) is 5.15. The fraction of sp³-hybridized carbons (Fsp3) is 0.103. The van der Waals surface area contributed by atoms with Crippen LogP contribution in [0.2, 0.25) is 5.02 Å². The molecule has 1 atom stereocenters. The summed E-state index contributed by atoms with van der Waals surface area (Å²) in [5.74, 6) is -0.771. The lowest BCUT2D eigenvalue weighted by Gasteiger charge is -2.31. The molecule has 0 bridgehead atoms. The number of fused-ring (bicyclic) bond motifs is 3. The summed E-state index contributed by atoms with van der Waals surface area (Å²) < 4.78 is 31.9. The molecular formula is C29H22ClF2N5O. The first kappa shape index (κ1) is 23.9. The first-order valence-electron chi connectivity index (χ1n) is 12.0. The number of carbonyl (C=O) groups is 1. The second kappa shape index (κ2) is 9.46. The predicted molar refractivity (Wildman–Crippen MR) is 142 cm³/mol. The number of para-hydroxylation sites is 1. The number of carbonyl (C=O) groups excluding carboxylic acids is 1. The summed E-state index contributed by atoms with van der Waals surface area (Å²) in [7, 11) is 0. The Hall–Kier alpha value is -4.43. The number of amides is 2. The van der Waals surface area contributed by atoms with E-state index in [1.807, 2.05) is 83.0 Å². The average Bonchev–Trinajstić information content (AvgIpc) is 3.46. The van der Waals surface area contributed by atoms with Crippen LogP contribution in [0.1, 0.15) is 28.6 Å². The van der Waals surface area contributed by atoms with Crippen LogP contribution >= 0.6 is 11.6 Å². The zero-order valence-electron chi connectivity index (χ0n) is 20.3. The molecule has 5 aromatic rings. The third kappa shape index (κ3) is 4.13. The minimum atomic E-state index is -0.857. The highest BCUT2D eigenvalue weighted by molar-refractivity contribution is 6.30. The maximum absolute atomic E-state index is 14.5. The Morgan fingerprint density at radius 3 is 2.58 bits per heavy atom. The Kier molecular flexibility index (Phi) is 5.96. The summed E-state index contributed by atoms with van der Waals surface area (Å²) in [6.07, 6.45) is 1.94. The van der Waals surface area contributed by atoms with Gasteiger partial charge in [-0.15, -0.1) is 0 Å². The molecule has 0 aliphatic carbocycles. The number of hydrogen-bond acceptors (Lipinski definition) is 2. The van der Waals surface area contributed by atoms with Gasteiger partial charge in [0, 0.05) is 22.8 Å². The number of rotatable bonds is 3. The lowest BCUT2D eigenvalue weighted by atomic mass is 10.0. The van der Waals surface area contributed by atoms with E-state index in [0.717, 1.165) is 46.2 Å². The van der Waals surface area contributed by atoms with Gasteiger partial charge in [0.1, 0.15) is 17.5 Å². The summed E-state index contributed by atoms with van der Waals surface area (Å²) in [6.45, 7) is 2.08. The molecule has 1 N–H and O–H groups in total. The van der Waals surface area contributed by atoms with Gasteiger partial charge in [-0.2, -0.15) is 5.10 Å². The topological polar surface area (TPSA) is 55.1 Å². The van der Waals surface area contributed by atoms with E-state index in [-0.39, 0.29) is 12.2 Å². The smallest absolute Gasteiger partial charge is 0.307 e. The SMILES string of the molecule is Cc1nn(-c2ccccc2)c2c1CN(C(=O)Nc1ccc(F)cc1F)[C@@H](c1cccc(Cl)c1)c1cccn1-2. The third-order valence-corrected chi connectivity index (χ3v) is 6.92. The van der Waals surface area contributed by atoms with Gasteiger partial charge in [0.25, 0.3) is 0 Å². The van der Waals surface area contributed by atoms with Crippen LogP contribution in [0, 0.1) is 18.6 Å². The third-order valence-electron chi connectivity index (χ3n) is 6.68. The molecule has 0 radical (unpaired) electrons. The highest BCUT2D eigenvalue weighted by Gasteiger charge is 2.36. The summed E-state index contributed by atoms with van der Waals surface area (Å²) in [6, 6.07) is 22.9. The van der Waals surface area contributed by atoms with E-state index in [1.54, 1.807) is 11.0 Å². The number of nitrogens with one attached hydrogen (secondary N) is 1. The molecule has 0 saturated heterocycles. The fourth-order valence-electron chi connectivity index (χ4n) is 4.95. The van der Waals surface area contributed by atoms with Crippen LogP contribution in [0.25, 0.3) is 11.5 Å². The second-order valence-electron chi connectivity index (χ2n) is 9.08. The van der Waals surface area contributed by atoms with Crippen LogP contribution in [0.4, 0.5) is 19.3 Å². The van der Waals surface area contributed by atoms with Crippen LogP contribution in [0.3, 0.4) is 0 Å². The summed E-state index contributed by atoms with van der Waals surface area (Å²) >= 11 is 6.37. The molecule has 190 valence electrons. The Morgan fingerprint density at radius 2 is 1.82 bits per heavy atom. The van der Waals surface area contributed by atoms with Crippen molar-refractivity contribution in [3.63, 3.8) is 0 Å². The predicted octanol–water partition coefficient (Wildman–Crippen LogP) is 7.04. The molecule has 0 saturated carbocycles. The summed E-state index contributed by atoms with van der Waals surface area (Å²) in [4.78, 5) is 15.5. The zero-order chi connectivity index (χ0) is 26.4. The van der Waals surface area contributed by atoms with Crippen LogP contribution in [-0.4, -0.2) is 25.3 Å². The van der Waals surface area contributed by atoms with Crippen molar-refractivity contribution in [1.82, 2.24) is 19.2 Å². The lowest BCUT2D eigenvalue weighted by molar-refractivity contribution is 0.194. The molecule has 0 spiro atoms. The van der Waals surface area contributed by atoms with Crippen molar-refractivity contribution in [1.29, 1.82) is 0 Å². The monoisotopic (exact) mass is 529 g/mol. The van der Waals surface area contributed by atoms with Gasteiger partial charge >= 0.3 is 6.03 Å². The molecular weight excluding hydrogens is 508 g/mol. The normalized spacial score (nSPS) is 14.5. The Balaban J connectivity index is 1.54. The molecule has 0 fully saturated rings. The highest BCUT2D eigenvalue weighted by atomic mass is 35.5. The van der Waals surface area contributed by atoms with E-state index < -0.39 is 23.7 Å². The average molecular weight is 530 g/mol. The van der Waals surface area contributed by atoms with Gasteiger partial charge in [0.15, 0.2) is 0 Å². The number of benzene rings is 3. The first-order chi connectivity index (χ1) is 18.4. The van der Waals surface area contributed by atoms with Crippen LogP contribution in [0.5, 0.6) is 0 Å². The number of halogens is 3. The highest BCUT2D eigenvalue weighted by Crippen LogP contribution is 2.39. The van der Waals surface area contributed by atoms with Gasteiger partial charge in [-0.3, -0.25) is 0 Å². The van der Waals surface area contributed by atoms with Gasteiger partial charge < -0.3 is 14.8 Å². The molecule has 6 rings (SSSR count). The molecule has 3 aromatic carbocycles. The minimum absolute atomic E-state index is 0.113. The molecule has 3 heterocycles. The zero-order valence-corrected chi connectivity index (χ0v) is 21.0. The Labute approximate surface area is 222 Å². The number of aryl methyl sites for hydroxylation is 1. The van der Waals surface area contributed by atoms with Crippen molar-refractivity contribution in [2.24, 2.45) is 0 Å². The van der Waals surface area contributed by atoms with E-state index in [4.69, 9.17) is 16.7 Å². The number of anilines is 1. The van der Waals surface area contributed by atoms with E-state index in [0.29, 0.717) is 5.02 Å². The van der Waals surface area contributed by atoms with Crippen molar-refractivity contribution in [3.05, 3.63) is 130 Å². The van der Waals surface area contributed by atoms with E-state index >= 15 is 0 Å². The lowest BCUT2D eigenvalue weighted by Crippen LogP contribution is -2.38.